The average Bonchev–Trinajstić information content (AvgIpc) is 2.97. The van der Waals surface area contributed by atoms with Crippen molar-refractivity contribution in [2.45, 2.75) is 66.1 Å². The summed E-state index contributed by atoms with van der Waals surface area (Å²) in [6.45, 7) is 9.87. The number of Topliss-reactive ketones (excluding diaryl/α,β-unsaturated/α-hetero) is 2. The molecule has 24 heavy (non-hydrogen) atoms. The van der Waals surface area contributed by atoms with E-state index in [9.17, 15) is 19.8 Å². The molecule has 0 amide bonds. The van der Waals surface area contributed by atoms with Crippen LogP contribution in [-0.4, -0.2) is 34.0 Å². The number of hydrogen-bond donors (Lipinski definition) is 2. The highest BCUT2D eigenvalue weighted by Gasteiger charge is 2.73. The molecule has 0 bridgehead atoms. The number of hydrogen-bond acceptors (Lipinski definition) is 4. The minimum absolute atomic E-state index is 0.0441. The molecule has 7 unspecified atom stereocenters. The summed E-state index contributed by atoms with van der Waals surface area (Å²) < 4.78 is 0. The summed E-state index contributed by atoms with van der Waals surface area (Å²) in [6.07, 6.45) is 0.226. The Balaban J connectivity index is 1.89. The van der Waals surface area contributed by atoms with Gasteiger partial charge >= 0.3 is 0 Å². The second-order valence-electron chi connectivity index (χ2n) is 9.65. The largest absolute Gasteiger partial charge is 0.392 e. The molecule has 2 saturated carbocycles. The Kier molecular flexibility index (Phi) is 3.01. The smallest absolute Gasteiger partial charge is 0.168 e. The number of rotatable bonds is 0. The molecule has 4 heteroatoms. The van der Waals surface area contributed by atoms with E-state index in [1.165, 1.54) is 0 Å². The van der Waals surface area contributed by atoms with Crippen molar-refractivity contribution in [3.63, 3.8) is 0 Å². The number of aliphatic hydroxyl groups excluding tert-OH is 2. The molecule has 0 saturated heterocycles. The van der Waals surface area contributed by atoms with E-state index in [0.29, 0.717) is 29.9 Å². The van der Waals surface area contributed by atoms with Crippen molar-refractivity contribution in [2.75, 3.05) is 0 Å². The summed E-state index contributed by atoms with van der Waals surface area (Å²) in [4.78, 5) is 26.0. The molecule has 4 aliphatic rings. The van der Waals surface area contributed by atoms with Gasteiger partial charge in [-0.15, -0.1) is 0 Å². The summed E-state index contributed by atoms with van der Waals surface area (Å²) in [7, 11) is 0. The molecule has 0 aromatic carbocycles. The maximum Gasteiger partial charge on any atom is 0.168 e. The third-order valence-electron chi connectivity index (χ3n) is 8.40. The van der Waals surface area contributed by atoms with Gasteiger partial charge in [0.2, 0.25) is 0 Å². The first-order valence-corrected chi connectivity index (χ1v) is 9.17. The zero-order valence-corrected chi connectivity index (χ0v) is 15.2. The normalized spacial score (nSPS) is 52.5. The number of ketones is 2. The number of allylic oxidation sites excluding steroid dienone is 1. The predicted octanol–water partition coefficient (Wildman–Crippen LogP) is 2.28. The number of fused-ring (bicyclic) bond motifs is 2. The maximum atomic E-state index is 13.5. The van der Waals surface area contributed by atoms with Crippen molar-refractivity contribution < 1.29 is 19.8 Å². The van der Waals surface area contributed by atoms with Gasteiger partial charge in [0, 0.05) is 22.5 Å². The molecule has 0 spiro atoms. The molecule has 4 nitrogen and oxygen atoms in total. The molecular weight excluding hydrogens is 304 g/mol. The van der Waals surface area contributed by atoms with Crippen molar-refractivity contribution in [1.82, 2.24) is 0 Å². The molecule has 7 atom stereocenters. The van der Waals surface area contributed by atoms with Crippen LogP contribution in [0.5, 0.6) is 0 Å². The van der Waals surface area contributed by atoms with E-state index in [2.05, 4.69) is 13.8 Å². The molecule has 2 N–H and O–H groups in total. The van der Waals surface area contributed by atoms with Crippen LogP contribution < -0.4 is 0 Å². The van der Waals surface area contributed by atoms with E-state index < -0.39 is 23.0 Å². The molecule has 4 aliphatic carbocycles. The lowest BCUT2D eigenvalue weighted by Gasteiger charge is -2.53. The van der Waals surface area contributed by atoms with Crippen LogP contribution in [0.2, 0.25) is 0 Å². The van der Waals surface area contributed by atoms with Crippen LogP contribution in [0.25, 0.3) is 0 Å². The van der Waals surface area contributed by atoms with E-state index in [1.54, 1.807) is 0 Å². The summed E-state index contributed by atoms with van der Waals surface area (Å²) in [6, 6.07) is 0. The molecule has 2 fully saturated rings. The molecule has 0 aliphatic heterocycles. The topological polar surface area (TPSA) is 74.6 Å². The first-order chi connectivity index (χ1) is 11.0. The van der Waals surface area contributed by atoms with Gasteiger partial charge in [-0.25, -0.2) is 0 Å². The van der Waals surface area contributed by atoms with Crippen LogP contribution in [-0.2, 0) is 9.59 Å². The van der Waals surface area contributed by atoms with Crippen LogP contribution >= 0.6 is 0 Å². The zero-order valence-electron chi connectivity index (χ0n) is 15.2. The Hall–Kier alpha value is -1.00. The Labute approximate surface area is 143 Å². The lowest BCUT2D eigenvalue weighted by atomic mass is 9.50. The van der Waals surface area contributed by atoms with Gasteiger partial charge in [-0.3, -0.25) is 9.59 Å². The Morgan fingerprint density at radius 3 is 2.33 bits per heavy atom. The first-order valence-electron chi connectivity index (χ1n) is 9.17. The first kappa shape index (κ1) is 16.5. The quantitative estimate of drug-likeness (QED) is 0.714. The minimum Gasteiger partial charge on any atom is -0.392 e. The highest BCUT2D eigenvalue weighted by atomic mass is 16.3. The van der Waals surface area contributed by atoms with Gasteiger partial charge in [0.05, 0.1) is 17.6 Å². The molecule has 0 radical (unpaired) electrons. The predicted molar refractivity (Wildman–Crippen MR) is 89.0 cm³/mol. The summed E-state index contributed by atoms with van der Waals surface area (Å²) in [5, 5.41) is 22.4. The third kappa shape index (κ3) is 1.53. The van der Waals surface area contributed by atoms with Gasteiger partial charge < -0.3 is 10.2 Å². The van der Waals surface area contributed by atoms with Crippen molar-refractivity contribution in [2.24, 2.45) is 34.0 Å². The van der Waals surface area contributed by atoms with Gasteiger partial charge in [-0.2, -0.15) is 0 Å². The second kappa shape index (κ2) is 4.39. The Morgan fingerprint density at radius 2 is 1.71 bits per heavy atom. The maximum absolute atomic E-state index is 13.5. The van der Waals surface area contributed by atoms with Crippen LogP contribution in [0.3, 0.4) is 0 Å². The van der Waals surface area contributed by atoms with Gasteiger partial charge in [0.1, 0.15) is 0 Å². The Bertz CT molecular complexity index is 690. The number of carbonyl (C=O) groups excluding carboxylic acids is 2. The molecule has 0 aromatic heterocycles. The molecule has 0 aromatic rings. The highest BCUT2D eigenvalue weighted by Crippen LogP contribution is 2.71. The van der Waals surface area contributed by atoms with E-state index in [0.717, 1.165) is 6.42 Å². The fourth-order valence-corrected chi connectivity index (χ4v) is 6.26. The lowest BCUT2D eigenvalue weighted by Crippen LogP contribution is -2.61. The summed E-state index contributed by atoms with van der Waals surface area (Å²) >= 11 is 0. The third-order valence-corrected chi connectivity index (χ3v) is 8.40. The molecular formula is C20H28O4. The average molecular weight is 332 g/mol. The van der Waals surface area contributed by atoms with E-state index in [4.69, 9.17) is 0 Å². The molecule has 4 rings (SSSR count). The van der Waals surface area contributed by atoms with E-state index >= 15 is 0 Å². The summed E-state index contributed by atoms with van der Waals surface area (Å²) in [5.74, 6) is 0.0518. The van der Waals surface area contributed by atoms with E-state index in [1.807, 2.05) is 20.8 Å². The second-order valence-corrected chi connectivity index (χ2v) is 9.65. The standard InChI is InChI=1S/C20H28O4/c1-9-8-10-12(14(9)21)16(23)19(4)7-6-11-13(18(11,2)3)17(24)20(19,5)15(10)22/h9,11,13,16-17,23-24H,6-8H2,1-5H3. The fourth-order valence-electron chi connectivity index (χ4n) is 6.26. The lowest BCUT2D eigenvalue weighted by molar-refractivity contribution is -0.161. The van der Waals surface area contributed by atoms with Crippen LogP contribution in [0.4, 0.5) is 0 Å². The number of aliphatic hydroxyl groups is 2. The molecule has 132 valence electrons. The minimum atomic E-state index is -1.03. The van der Waals surface area contributed by atoms with Crippen molar-refractivity contribution in [3.8, 4) is 0 Å². The van der Waals surface area contributed by atoms with Crippen molar-refractivity contribution in [3.05, 3.63) is 11.1 Å². The molecule has 0 heterocycles. The van der Waals surface area contributed by atoms with Gasteiger partial charge in [0.15, 0.2) is 11.6 Å². The van der Waals surface area contributed by atoms with E-state index in [-0.39, 0.29) is 28.8 Å². The van der Waals surface area contributed by atoms with Crippen LogP contribution in [0.15, 0.2) is 11.1 Å². The van der Waals surface area contributed by atoms with Gasteiger partial charge in [0.25, 0.3) is 0 Å². The van der Waals surface area contributed by atoms with Crippen LogP contribution in [0.1, 0.15) is 53.9 Å². The van der Waals surface area contributed by atoms with Crippen molar-refractivity contribution in [1.29, 1.82) is 0 Å². The van der Waals surface area contributed by atoms with Crippen molar-refractivity contribution >= 4 is 11.6 Å². The zero-order chi connectivity index (χ0) is 17.8. The SMILES string of the molecule is CC1CC2=C(C1=O)C(O)C1(C)CCC3C(C(O)C1(C)C2=O)C3(C)C. The summed E-state index contributed by atoms with van der Waals surface area (Å²) in [5.41, 5.74) is -0.943. The number of carbonyl (C=O) groups is 2. The fraction of sp³-hybridized carbons (Fsp3) is 0.800. The van der Waals surface area contributed by atoms with Gasteiger partial charge in [-0.05, 0) is 43.4 Å². The van der Waals surface area contributed by atoms with Crippen LogP contribution in [0, 0.1) is 34.0 Å². The highest BCUT2D eigenvalue weighted by molar-refractivity contribution is 6.15. The van der Waals surface area contributed by atoms with Gasteiger partial charge in [-0.1, -0.05) is 27.7 Å². The monoisotopic (exact) mass is 332 g/mol. The Morgan fingerprint density at radius 1 is 1.08 bits per heavy atom.